The Morgan fingerprint density at radius 2 is 1.83 bits per heavy atom. The molecular formula is C22H33IN4O2S. The van der Waals surface area contributed by atoms with Crippen LogP contribution in [0.5, 0.6) is 11.5 Å². The van der Waals surface area contributed by atoms with Crippen molar-refractivity contribution in [1.82, 2.24) is 10.6 Å². The number of hydrogen-bond acceptors (Lipinski definition) is 5. The molecule has 0 unspecified atom stereocenters. The zero-order chi connectivity index (χ0) is 20.6. The summed E-state index contributed by atoms with van der Waals surface area (Å²) in [7, 11) is 3.38. The summed E-state index contributed by atoms with van der Waals surface area (Å²) in [4.78, 5) is 8.51. The zero-order valence-corrected chi connectivity index (χ0v) is 21.4. The lowest BCUT2D eigenvalue weighted by Crippen LogP contribution is -2.48. The van der Waals surface area contributed by atoms with Gasteiger partial charge in [0.1, 0.15) is 11.5 Å². The fourth-order valence-corrected chi connectivity index (χ4v) is 4.32. The highest BCUT2D eigenvalue weighted by molar-refractivity contribution is 14.0. The van der Waals surface area contributed by atoms with Gasteiger partial charge in [0.25, 0.3) is 0 Å². The van der Waals surface area contributed by atoms with Gasteiger partial charge in [0.2, 0.25) is 0 Å². The Morgan fingerprint density at radius 1 is 1.17 bits per heavy atom. The van der Waals surface area contributed by atoms with Crippen LogP contribution in [-0.2, 0) is 6.54 Å². The normalized spacial score (nSPS) is 14.8. The van der Waals surface area contributed by atoms with Crippen molar-refractivity contribution in [1.29, 1.82) is 0 Å². The Labute approximate surface area is 201 Å². The summed E-state index contributed by atoms with van der Waals surface area (Å²) in [6.07, 6.45) is 2.12. The van der Waals surface area contributed by atoms with Crippen LogP contribution in [0.25, 0.3) is 0 Å². The van der Waals surface area contributed by atoms with Crippen molar-refractivity contribution in [2.45, 2.75) is 39.3 Å². The van der Waals surface area contributed by atoms with E-state index in [1.807, 2.05) is 6.07 Å². The van der Waals surface area contributed by atoms with Crippen LogP contribution in [0.2, 0.25) is 0 Å². The number of guanidine groups is 1. The third-order valence-corrected chi connectivity index (χ3v) is 6.24. The maximum absolute atomic E-state index is 5.41. The molecule has 0 atom stereocenters. The molecule has 30 heavy (non-hydrogen) atoms. The highest BCUT2D eigenvalue weighted by Gasteiger charge is 2.21. The lowest BCUT2D eigenvalue weighted by Gasteiger charge is -2.34. The lowest BCUT2D eigenvalue weighted by atomic mass is 10.0. The number of anilines is 1. The van der Waals surface area contributed by atoms with Crippen LogP contribution >= 0.6 is 35.3 Å². The Balaban J connectivity index is 0.00000320. The minimum absolute atomic E-state index is 0. The predicted molar refractivity (Wildman–Crippen MR) is 137 cm³/mol. The highest BCUT2D eigenvalue weighted by Crippen LogP contribution is 2.30. The molecule has 0 spiro atoms. The number of nitrogens with one attached hydrogen (secondary N) is 2. The topological polar surface area (TPSA) is 58.1 Å². The summed E-state index contributed by atoms with van der Waals surface area (Å²) in [6, 6.07) is 8.63. The third-order valence-electron chi connectivity index (χ3n) is 5.23. The Hall–Kier alpha value is -1.68. The van der Waals surface area contributed by atoms with Crippen molar-refractivity contribution in [2.24, 2.45) is 4.99 Å². The fraction of sp³-hybridized carbons (Fsp3) is 0.500. The number of hydrogen-bond donors (Lipinski definition) is 2. The Bertz CT molecular complexity index is 797. The van der Waals surface area contributed by atoms with Crippen molar-refractivity contribution >= 4 is 47.0 Å². The van der Waals surface area contributed by atoms with Gasteiger partial charge in [0.15, 0.2) is 5.96 Å². The van der Waals surface area contributed by atoms with Crippen LogP contribution in [0.3, 0.4) is 0 Å². The average molecular weight is 545 g/mol. The second kappa shape index (κ2) is 12.2. The first-order valence-electron chi connectivity index (χ1n) is 10.2. The maximum Gasteiger partial charge on any atom is 0.191 e. The minimum Gasteiger partial charge on any atom is -0.497 e. The van der Waals surface area contributed by atoms with Crippen molar-refractivity contribution < 1.29 is 9.47 Å². The summed E-state index contributed by atoms with van der Waals surface area (Å²) in [5.41, 5.74) is 2.46. The van der Waals surface area contributed by atoms with Crippen LogP contribution in [0, 0.1) is 6.92 Å². The fourth-order valence-electron chi connectivity index (χ4n) is 3.49. The van der Waals surface area contributed by atoms with E-state index in [0.717, 1.165) is 62.2 Å². The second-order valence-corrected chi connectivity index (χ2v) is 8.20. The van der Waals surface area contributed by atoms with E-state index in [2.05, 4.69) is 53.0 Å². The van der Waals surface area contributed by atoms with E-state index < -0.39 is 0 Å². The van der Waals surface area contributed by atoms with Gasteiger partial charge in [-0.1, -0.05) is 0 Å². The number of piperidine rings is 1. The molecule has 2 aromatic rings. The largest absolute Gasteiger partial charge is 0.497 e. The number of nitrogens with zero attached hydrogens (tertiary/aromatic N) is 2. The predicted octanol–water partition coefficient (Wildman–Crippen LogP) is 4.42. The first kappa shape index (κ1) is 24.6. The van der Waals surface area contributed by atoms with Crippen molar-refractivity contribution in [3.63, 3.8) is 0 Å². The quantitative estimate of drug-likeness (QED) is 0.307. The van der Waals surface area contributed by atoms with Crippen LogP contribution in [0.1, 0.15) is 30.2 Å². The first-order chi connectivity index (χ1) is 14.1. The number of benzene rings is 1. The first-order valence-corrected chi connectivity index (χ1v) is 11.1. The van der Waals surface area contributed by atoms with Gasteiger partial charge in [-0.25, -0.2) is 4.99 Å². The van der Waals surface area contributed by atoms with Crippen molar-refractivity contribution in [3.8, 4) is 11.5 Å². The number of methoxy groups -OCH3 is 2. The molecule has 0 aliphatic carbocycles. The number of halogens is 1. The Morgan fingerprint density at radius 3 is 2.37 bits per heavy atom. The zero-order valence-electron chi connectivity index (χ0n) is 18.2. The summed E-state index contributed by atoms with van der Waals surface area (Å²) in [5, 5.41) is 9.13. The van der Waals surface area contributed by atoms with Gasteiger partial charge in [-0.05, 0) is 43.7 Å². The monoisotopic (exact) mass is 544 g/mol. The SMILES string of the molecule is CCNC(=NCc1sccc1C)NC1CCN(c2cc(OC)cc(OC)c2)CC1.I. The van der Waals surface area contributed by atoms with Crippen LogP contribution in [-0.4, -0.2) is 45.9 Å². The van der Waals surface area contributed by atoms with Crippen molar-refractivity contribution in [2.75, 3.05) is 38.8 Å². The van der Waals surface area contributed by atoms with E-state index in [0.29, 0.717) is 6.04 Å². The number of thiophene rings is 1. The standard InChI is InChI=1S/C22H32N4O2S.HI/c1-5-23-22(24-15-21-16(2)8-11-29-21)25-17-6-9-26(10-7-17)18-12-19(27-3)14-20(13-18)28-4;/h8,11-14,17H,5-7,9-10,15H2,1-4H3,(H2,23,24,25);1H. The molecule has 1 saturated heterocycles. The molecule has 0 radical (unpaired) electrons. The van der Waals surface area contributed by atoms with Crippen LogP contribution in [0.4, 0.5) is 5.69 Å². The van der Waals surface area contributed by atoms with Crippen LogP contribution in [0.15, 0.2) is 34.6 Å². The summed E-state index contributed by atoms with van der Waals surface area (Å²) in [5.74, 6) is 2.55. The summed E-state index contributed by atoms with van der Waals surface area (Å²) >= 11 is 1.77. The molecule has 6 nitrogen and oxygen atoms in total. The molecule has 1 aliphatic rings. The van der Waals surface area contributed by atoms with E-state index in [9.17, 15) is 0 Å². The average Bonchev–Trinajstić information content (AvgIpc) is 3.17. The Kier molecular flexibility index (Phi) is 10.0. The van der Waals surface area contributed by atoms with Gasteiger partial charge in [-0.15, -0.1) is 35.3 Å². The van der Waals surface area contributed by atoms with E-state index >= 15 is 0 Å². The molecule has 2 heterocycles. The number of aliphatic imine (C=N–C) groups is 1. The summed E-state index contributed by atoms with van der Waals surface area (Å²) < 4.78 is 10.8. The van der Waals surface area contributed by atoms with E-state index in [4.69, 9.17) is 14.5 Å². The second-order valence-electron chi connectivity index (χ2n) is 7.20. The molecule has 8 heteroatoms. The minimum atomic E-state index is 0. The molecule has 166 valence electrons. The molecule has 1 aromatic carbocycles. The molecule has 2 N–H and O–H groups in total. The maximum atomic E-state index is 5.41. The number of rotatable bonds is 7. The van der Waals surface area contributed by atoms with E-state index in [-0.39, 0.29) is 24.0 Å². The van der Waals surface area contributed by atoms with Gasteiger partial charge in [0.05, 0.1) is 20.8 Å². The van der Waals surface area contributed by atoms with Crippen LogP contribution < -0.4 is 25.0 Å². The molecule has 0 amide bonds. The summed E-state index contributed by atoms with van der Waals surface area (Å²) in [6.45, 7) is 7.80. The number of ether oxygens (including phenoxy) is 2. The molecular weight excluding hydrogens is 511 g/mol. The van der Waals surface area contributed by atoms with Gasteiger partial charge in [-0.3, -0.25) is 0 Å². The number of aryl methyl sites for hydroxylation is 1. The van der Waals surface area contributed by atoms with Gasteiger partial charge in [0, 0.05) is 54.4 Å². The molecule has 0 saturated carbocycles. The van der Waals surface area contributed by atoms with E-state index in [1.165, 1.54) is 10.4 Å². The molecule has 0 bridgehead atoms. The van der Waals surface area contributed by atoms with Gasteiger partial charge >= 0.3 is 0 Å². The smallest absolute Gasteiger partial charge is 0.191 e. The third kappa shape index (κ3) is 6.66. The van der Waals surface area contributed by atoms with Gasteiger partial charge in [-0.2, -0.15) is 0 Å². The molecule has 1 aromatic heterocycles. The lowest BCUT2D eigenvalue weighted by molar-refractivity contribution is 0.393. The molecule has 3 rings (SSSR count). The highest BCUT2D eigenvalue weighted by atomic mass is 127. The molecule has 1 aliphatic heterocycles. The molecule has 1 fully saturated rings. The van der Waals surface area contributed by atoms with E-state index in [1.54, 1.807) is 25.6 Å². The van der Waals surface area contributed by atoms with Crippen molar-refractivity contribution in [3.05, 3.63) is 40.1 Å². The van der Waals surface area contributed by atoms with Gasteiger partial charge < -0.3 is 25.0 Å².